The van der Waals surface area contributed by atoms with Crippen LogP contribution in [0.15, 0.2) is 10.9 Å². The maximum atomic E-state index is 11.5. The fraction of sp³-hybridized carbons (Fsp3) is 0.600. The van der Waals surface area contributed by atoms with Crippen LogP contribution in [-0.2, 0) is 0 Å². The van der Waals surface area contributed by atoms with Crippen molar-refractivity contribution in [2.24, 2.45) is 5.92 Å². The van der Waals surface area contributed by atoms with E-state index in [-0.39, 0.29) is 5.91 Å². The molecule has 1 unspecified atom stereocenters. The molecular weight excluding hydrogens is 232 g/mol. The van der Waals surface area contributed by atoms with Crippen LogP contribution in [0.2, 0.25) is 0 Å². The SMILES string of the molecule is CCC(CCCl)CNC(=O)c1cscn1. The Morgan fingerprint density at radius 1 is 1.73 bits per heavy atom. The van der Waals surface area contributed by atoms with E-state index in [1.807, 2.05) is 0 Å². The molecule has 0 spiro atoms. The van der Waals surface area contributed by atoms with Gasteiger partial charge < -0.3 is 5.32 Å². The Morgan fingerprint density at radius 2 is 2.53 bits per heavy atom. The summed E-state index contributed by atoms with van der Waals surface area (Å²) in [5, 5.41) is 4.62. The number of rotatable bonds is 6. The van der Waals surface area contributed by atoms with Crippen molar-refractivity contribution in [2.75, 3.05) is 12.4 Å². The molecule has 5 heteroatoms. The number of hydrogen-bond acceptors (Lipinski definition) is 3. The van der Waals surface area contributed by atoms with Crippen LogP contribution in [0.1, 0.15) is 30.3 Å². The molecule has 1 heterocycles. The summed E-state index contributed by atoms with van der Waals surface area (Å²) in [5.74, 6) is 1.01. The molecule has 0 fully saturated rings. The number of halogens is 1. The second-order valence-corrected chi connectivity index (χ2v) is 4.43. The molecule has 1 amide bonds. The number of hydrogen-bond donors (Lipinski definition) is 1. The predicted octanol–water partition coefficient (Wildman–Crippen LogP) is 2.53. The number of amides is 1. The third kappa shape index (κ3) is 4.18. The molecular formula is C10H15ClN2OS. The number of nitrogens with zero attached hydrogens (tertiary/aromatic N) is 1. The van der Waals surface area contributed by atoms with Gasteiger partial charge in [0.15, 0.2) is 0 Å². The van der Waals surface area contributed by atoms with E-state index in [0.29, 0.717) is 24.0 Å². The number of thiazole rings is 1. The van der Waals surface area contributed by atoms with Gasteiger partial charge in [-0.25, -0.2) is 4.98 Å². The maximum absolute atomic E-state index is 11.5. The van der Waals surface area contributed by atoms with Crippen LogP contribution in [0.5, 0.6) is 0 Å². The van der Waals surface area contributed by atoms with Crippen molar-refractivity contribution in [1.29, 1.82) is 0 Å². The summed E-state index contributed by atoms with van der Waals surface area (Å²) in [5.41, 5.74) is 2.16. The van der Waals surface area contributed by atoms with Gasteiger partial charge in [0.1, 0.15) is 5.69 Å². The molecule has 3 nitrogen and oxygen atoms in total. The largest absolute Gasteiger partial charge is 0.350 e. The van der Waals surface area contributed by atoms with E-state index in [0.717, 1.165) is 12.8 Å². The van der Waals surface area contributed by atoms with Crippen molar-refractivity contribution in [1.82, 2.24) is 10.3 Å². The summed E-state index contributed by atoms with van der Waals surface area (Å²) in [6.07, 6.45) is 1.97. The zero-order chi connectivity index (χ0) is 11.1. The van der Waals surface area contributed by atoms with Gasteiger partial charge in [-0.3, -0.25) is 4.79 Å². The normalized spacial score (nSPS) is 12.4. The number of carbonyl (C=O) groups excluding carboxylic acids is 1. The minimum absolute atomic E-state index is 0.0933. The van der Waals surface area contributed by atoms with Gasteiger partial charge in [-0.15, -0.1) is 22.9 Å². The van der Waals surface area contributed by atoms with Crippen LogP contribution in [-0.4, -0.2) is 23.3 Å². The van der Waals surface area contributed by atoms with Crippen LogP contribution in [0.3, 0.4) is 0 Å². The van der Waals surface area contributed by atoms with Gasteiger partial charge in [-0.2, -0.15) is 0 Å². The molecule has 1 N–H and O–H groups in total. The highest BCUT2D eigenvalue weighted by Gasteiger charge is 2.10. The highest BCUT2D eigenvalue weighted by atomic mass is 35.5. The third-order valence-electron chi connectivity index (χ3n) is 2.31. The van der Waals surface area contributed by atoms with Crippen molar-refractivity contribution in [3.63, 3.8) is 0 Å². The predicted molar refractivity (Wildman–Crippen MR) is 63.6 cm³/mol. The molecule has 1 rings (SSSR count). The van der Waals surface area contributed by atoms with Gasteiger partial charge in [0.2, 0.25) is 0 Å². The minimum atomic E-state index is -0.0933. The second kappa shape index (κ2) is 6.80. The van der Waals surface area contributed by atoms with E-state index in [9.17, 15) is 4.79 Å². The summed E-state index contributed by atoms with van der Waals surface area (Å²) >= 11 is 7.09. The Balaban J connectivity index is 2.33. The van der Waals surface area contributed by atoms with E-state index in [4.69, 9.17) is 11.6 Å². The van der Waals surface area contributed by atoms with Crippen LogP contribution in [0.25, 0.3) is 0 Å². The highest BCUT2D eigenvalue weighted by Crippen LogP contribution is 2.08. The lowest BCUT2D eigenvalue weighted by Gasteiger charge is -2.13. The molecule has 0 aliphatic heterocycles. The zero-order valence-electron chi connectivity index (χ0n) is 8.70. The van der Waals surface area contributed by atoms with E-state index < -0.39 is 0 Å². The summed E-state index contributed by atoms with van der Waals surface area (Å²) < 4.78 is 0. The molecule has 15 heavy (non-hydrogen) atoms. The molecule has 0 aliphatic carbocycles. The van der Waals surface area contributed by atoms with Gasteiger partial charge in [0.25, 0.3) is 5.91 Å². The Bertz CT molecular complexity index is 290. The van der Waals surface area contributed by atoms with Crippen molar-refractivity contribution < 1.29 is 4.79 Å². The van der Waals surface area contributed by atoms with Gasteiger partial charge in [0, 0.05) is 17.8 Å². The fourth-order valence-electron chi connectivity index (χ4n) is 1.26. The summed E-state index contributed by atoms with van der Waals surface area (Å²) in [4.78, 5) is 15.5. The Hall–Kier alpha value is -0.610. The third-order valence-corrected chi connectivity index (χ3v) is 3.12. The number of nitrogens with one attached hydrogen (secondary N) is 1. The molecule has 0 aliphatic rings. The Labute approximate surface area is 98.9 Å². The summed E-state index contributed by atoms with van der Waals surface area (Å²) in [6.45, 7) is 2.78. The molecule has 0 saturated carbocycles. The van der Waals surface area contributed by atoms with Gasteiger partial charge >= 0.3 is 0 Å². The smallest absolute Gasteiger partial charge is 0.270 e. The van der Waals surface area contributed by atoms with Crippen LogP contribution < -0.4 is 5.32 Å². The van der Waals surface area contributed by atoms with Crippen LogP contribution in [0.4, 0.5) is 0 Å². The number of alkyl halides is 1. The lowest BCUT2D eigenvalue weighted by Crippen LogP contribution is -2.29. The first kappa shape index (κ1) is 12.5. The van der Waals surface area contributed by atoms with Crippen molar-refractivity contribution in [3.8, 4) is 0 Å². The van der Waals surface area contributed by atoms with Crippen LogP contribution in [0, 0.1) is 5.92 Å². The van der Waals surface area contributed by atoms with Crippen molar-refractivity contribution >= 4 is 28.8 Å². The second-order valence-electron chi connectivity index (χ2n) is 3.34. The molecule has 0 bridgehead atoms. The minimum Gasteiger partial charge on any atom is -0.350 e. The summed E-state index contributed by atoms with van der Waals surface area (Å²) in [6, 6.07) is 0. The van der Waals surface area contributed by atoms with E-state index >= 15 is 0 Å². The molecule has 0 radical (unpaired) electrons. The number of carbonyl (C=O) groups is 1. The Morgan fingerprint density at radius 3 is 3.07 bits per heavy atom. The monoisotopic (exact) mass is 246 g/mol. The number of aromatic nitrogens is 1. The molecule has 1 atom stereocenters. The van der Waals surface area contributed by atoms with Gasteiger partial charge in [0.05, 0.1) is 5.51 Å². The molecule has 84 valence electrons. The first-order chi connectivity index (χ1) is 7.27. The summed E-state index contributed by atoms with van der Waals surface area (Å²) in [7, 11) is 0. The molecule has 1 aromatic rings. The zero-order valence-corrected chi connectivity index (χ0v) is 10.3. The maximum Gasteiger partial charge on any atom is 0.270 e. The lowest BCUT2D eigenvalue weighted by molar-refractivity contribution is 0.0942. The first-order valence-electron chi connectivity index (χ1n) is 5.00. The van der Waals surface area contributed by atoms with Gasteiger partial charge in [-0.05, 0) is 12.3 Å². The topological polar surface area (TPSA) is 42.0 Å². The first-order valence-corrected chi connectivity index (χ1v) is 6.48. The molecule has 0 aromatic carbocycles. The average molecular weight is 247 g/mol. The van der Waals surface area contributed by atoms with Crippen molar-refractivity contribution in [2.45, 2.75) is 19.8 Å². The average Bonchev–Trinajstić information content (AvgIpc) is 2.77. The highest BCUT2D eigenvalue weighted by molar-refractivity contribution is 7.07. The quantitative estimate of drug-likeness (QED) is 0.784. The fourth-order valence-corrected chi connectivity index (χ4v) is 2.10. The lowest BCUT2D eigenvalue weighted by atomic mass is 10.0. The standard InChI is InChI=1S/C10H15ClN2OS/c1-2-8(3-4-11)5-12-10(14)9-6-15-7-13-9/h6-8H,2-5H2,1H3,(H,12,14). The Kier molecular flexibility index (Phi) is 5.65. The molecule has 1 aromatic heterocycles. The van der Waals surface area contributed by atoms with E-state index in [2.05, 4.69) is 17.2 Å². The van der Waals surface area contributed by atoms with Gasteiger partial charge in [-0.1, -0.05) is 13.3 Å². The van der Waals surface area contributed by atoms with E-state index in [1.54, 1.807) is 10.9 Å². The molecule has 0 saturated heterocycles. The van der Waals surface area contributed by atoms with Crippen LogP contribution >= 0.6 is 22.9 Å². The van der Waals surface area contributed by atoms with Crippen molar-refractivity contribution in [3.05, 3.63) is 16.6 Å². The van der Waals surface area contributed by atoms with E-state index in [1.165, 1.54) is 11.3 Å².